The van der Waals surface area contributed by atoms with Gasteiger partial charge in [-0.2, -0.15) is 0 Å². The molecule has 0 bridgehead atoms. The molecule has 23 heavy (non-hydrogen) atoms. The highest BCUT2D eigenvalue weighted by atomic mass is 35.5. The largest absolute Gasteiger partial charge is 0.347 e. The minimum atomic E-state index is -0.364. The van der Waals surface area contributed by atoms with Crippen LogP contribution in [0.15, 0.2) is 18.2 Å². The second-order valence-corrected chi connectivity index (χ2v) is 6.81. The van der Waals surface area contributed by atoms with Crippen LogP contribution in [0.1, 0.15) is 30.9 Å². The van der Waals surface area contributed by atoms with Gasteiger partial charge in [0.15, 0.2) is 0 Å². The zero-order valence-corrected chi connectivity index (χ0v) is 14.2. The van der Waals surface area contributed by atoms with Gasteiger partial charge in [0.05, 0.1) is 29.1 Å². The molecule has 2 aliphatic heterocycles. The van der Waals surface area contributed by atoms with Gasteiger partial charge >= 0.3 is 0 Å². The van der Waals surface area contributed by atoms with Crippen LogP contribution in [-0.4, -0.2) is 42.4 Å². The van der Waals surface area contributed by atoms with Gasteiger partial charge in [-0.1, -0.05) is 29.3 Å². The predicted octanol–water partition coefficient (Wildman–Crippen LogP) is 2.13. The molecule has 2 N–H and O–H groups in total. The van der Waals surface area contributed by atoms with Crippen molar-refractivity contribution in [2.45, 2.75) is 31.3 Å². The molecule has 1 aromatic rings. The van der Waals surface area contributed by atoms with Gasteiger partial charge in [-0.15, -0.1) is 0 Å². The van der Waals surface area contributed by atoms with E-state index < -0.39 is 0 Å². The number of carbonyl (C=O) groups is 2. The van der Waals surface area contributed by atoms with E-state index in [0.29, 0.717) is 10.0 Å². The standard InChI is InChI=1S/C16H19Cl2N3O2/c17-12-2-1-10(7-13(12)18)14-8-16(23)21(9-15(22)20-14)11-3-5-19-6-4-11/h1-2,7,11,14,19H,3-6,8-9H2,(H,20,22)/t14-/m1/s1. The third-order valence-corrected chi connectivity index (χ3v) is 5.18. The third kappa shape index (κ3) is 3.79. The van der Waals surface area contributed by atoms with Crippen LogP contribution in [0.4, 0.5) is 0 Å². The molecule has 0 radical (unpaired) electrons. The van der Waals surface area contributed by atoms with E-state index >= 15 is 0 Å². The summed E-state index contributed by atoms with van der Waals surface area (Å²) in [6, 6.07) is 4.97. The van der Waals surface area contributed by atoms with Crippen molar-refractivity contribution in [2.75, 3.05) is 19.6 Å². The van der Waals surface area contributed by atoms with Crippen molar-refractivity contribution in [3.8, 4) is 0 Å². The van der Waals surface area contributed by atoms with Crippen molar-refractivity contribution in [1.29, 1.82) is 0 Å². The molecule has 5 nitrogen and oxygen atoms in total. The Labute approximate surface area is 145 Å². The van der Waals surface area contributed by atoms with E-state index in [1.807, 2.05) is 0 Å². The topological polar surface area (TPSA) is 61.4 Å². The van der Waals surface area contributed by atoms with Crippen molar-refractivity contribution in [1.82, 2.24) is 15.5 Å². The number of nitrogens with zero attached hydrogens (tertiary/aromatic N) is 1. The summed E-state index contributed by atoms with van der Waals surface area (Å²) in [6.07, 6.45) is 2.01. The summed E-state index contributed by atoms with van der Waals surface area (Å²) in [4.78, 5) is 26.6. The molecule has 1 atom stereocenters. The normalized spacial score (nSPS) is 23.6. The number of hydrogen-bond donors (Lipinski definition) is 2. The number of carbonyl (C=O) groups excluding carboxylic acids is 2. The lowest BCUT2D eigenvalue weighted by Crippen LogP contribution is -2.47. The maximum absolute atomic E-state index is 12.6. The first-order valence-electron chi connectivity index (χ1n) is 7.79. The maximum atomic E-state index is 12.6. The maximum Gasteiger partial charge on any atom is 0.240 e. The fourth-order valence-corrected chi connectivity index (χ4v) is 3.51. The highest BCUT2D eigenvalue weighted by molar-refractivity contribution is 6.42. The monoisotopic (exact) mass is 355 g/mol. The van der Waals surface area contributed by atoms with E-state index in [-0.39, 0.29) is 36.9 Å². The Balaban J connectivity index is 1.79. The quantitative estimate of drug-likeness (QED) is 0.854. The number of halogens is 2. The van der Waals surface area contributed by atoms with Crippen LogP contribution in [0.5, 0.6) is 0 Å². The van der Waals surface area contributed by atoms with Crippen LogP contribution in [0, 0.1) is 0 Å². The Morgan fingerprint density at radius 1 is 1.09 bits per heavy atom. The summed E-state index contributed by atoms with van der Waals surface area (Å²) >= 11 is 12.0. The Morgan fingerprint density at radius 3 is 2.52 bits per heavy atom. The van der Waals surface area contributed by atoms with Gasteiger partial charge in [-0.3, -0.25) is 9.59 Å². The SMILES string of the molecule is O=C1CN(C2CCNCC2)C(=O)C[C@H](c2ccc(Cl)c(Cl)c2)N1. The number of rotatable bonds is 2. The molecule has 0 aromatic heterocycles. The predicted molar refractivity (Wildman–Crippen MR) is 89.6 cm³/mol. The summed E-state index contributed by atoms with van der Waals surface area (Å²) in [5.41, 5.74) is 0.799. The van der Waals surface area contributed by atoms with Gasteiger partial charge in [0.2, 0.25) is 11.8 Å². The lowest BCUT2D eigenvalue weighted by molar-refractivity contribution is -0.136. The van der Waals surface area contributed by atoms with E-state index in [0.717, 1.165) is 31.5 Å². The van der Waals surface area contributed by atoms with Gasteiger partial charge in [-0.05, 0) is 43.6 Å². The van der Waals surface area contributed by atoms with Gasteiger partial charge in [0.1, 0.15) is 0 Å². The van der Waals surface area contributed by atoms with E-state index in [2.05, 4.69) is 10.6 Å². The van der Waals surface area contributed by atoms with Crippen LogP contribution in [-0.2, 0) is 9.59 Å². The molecule has 2 heterocycles. The van der Waals surface area contributed by atoms with Crippen molar-refractivity contribution in [3.05, 3.63) is 33.8 Å². The molecule has 0 spiro atoms. The molecule has 2 fully saturated rings. The number of benzene rings is 1. The van der Waals surface area contributed by atoms with E-state index in [1.165, 1.54) is 0 Å². The van der Waals surface area contributed by atoms with E-state index in [4.69, 9.17) is 23.2 Å². The molecular weight excluding hydrogens is 337 g/mol. The van der Waals surface area contributed by atoms with Crippen LogP contribution < -0.4 is 10.6 Å². The minimum Gasteiger partial charge on any atom is -0.347 e. The molecule has 3 rings (SSSR count). The Bertz CT molecular complexity index is 617. The molecule has 0 unspecified atom stereocenters. The Hall–Kier alpha value is -1.30. The second kappa shape index (κ2) is 7.07. The molecule has 7 heteroatoms. The van der Waals surface area contributed by atoms with E-state index in [1.54, 1.807) is 23.1 Å². The van der Waals surface area contributed by atoms with Crippen LogP contribution >= 0.6 is 23.2 Å². The first kappa shape index (κ1) is 16.6. The molecule has 0 saturated carbocycles. The van der Waals surface area contributed by atoms with Crippen LogP contribution in [0.25, 0.3) is 0 Å². The summed E-state index contributed by atoms with van der Waals surface area (Å²) in [5.74, 6) is -0.128. The summed E-state index contributed by atoms with van der Waals surface area (Å²) in [6.45, 7) is 1.89. The van der Waals surface area contributed by atoms with Gasteiger partial charge in [-0.25, -0.2) is 0 Å². The highest BCUT2D eigenvalue weighted by Gasteiger charge is 2.33. The first-order chi connectivity index (χ1) is 11.0. The van der Waals surface area contributed by atoms with Crippen molar-refractivity contribution < 1.29 is 9.59 Å². The van der Waals surface area contributed by atoms with Crippen molar-refractivity contribution in [3.63, 3.8) is 0 Å². The van der Waals surface area contributed by atoms with Crippen LogP contribution in [0.2, 0.25) is 10.0 Å². The number of hydrogen-bond acceptors (Lipinski definition) is 3. The fourth-order valence-electron chi connectivity index (χ4n) is 3.21. The van der Waals surface area contributed by atoms with Crippen molar-refractivity contribution >= 4 is 35.0 Å². The molecule has 2 aliphatic rings. The molecular formula is C16H19Cl2N3O2. The highest BCUT2D eigenvalue weighted by Crippen LogP contribution is 2.29. The third-order valence-electron chi connectivity index (χ3n) is 4.44. The summed E-state index contributed by atoms with van der Waals surface area (Å²) < 4.78 is 0. The van der Waals surface area contributed by atoms with Gasteiger partial charge < -0.3 is 15.5 Å². The lowest BCUT2D eigenvalue weighted by Gasteiger charge is -2.33. The van der Waals surface area contributed by atoms with Crippen molar-refractivity contribution in [2.24, 2.45) is 0 Å². The summed E-state index contributed by atoms with van der Waals surface area (Å²) in [7, 11) is 0. The molecule has 0 aliphatic carbocycles. The first-order valence-corrected chi connectivity index (χ1v) is 8.54. The Morgan fingerprint density at radius 2 is 1.83 bits per heavy atom. The molecule has 2 amide bonds. The average molecular weight is 356 g/mol. The zero-order valence-electron chi connectivity index (χ0n) is 12.6. The number of nitrogens with one attached hydrogen (secondary N) is 2. The minimum absolute atomic E-state index is 0.00585. The lowest BCUT2D eigenvalue weighted by atomic mass is 10.0. The van der Waals surface area contributed by atoms with Crippen LogP contribution in [0.3, 0.4) is 0 Å². The fraction of sp³-hybridized carbons (Fsp3) is 0.500. The van der Waals surface area contributed by atoms with E-state index in [9.17, 15) is 9.59 Å². The van der Waals surface area contributed by atoms with Gasteiger partial charge in [0, 0.05) is 6.04 Å². The molecule has 1 aromatic carbocycles. The van der Waals surface area contributed by atoms with Gasteiger partial charge in [0.25, 0.3) is 0 Å². The zero-order chi connectivity index (χ0) is 16.4. The number of piperidine rings is 1. The summed E-state index contributed by atoms with van der Waals surface area (Å²) in [5, 5.41) is 7.08. The number of amides is 2. The smallest absolute Gasteiger partial charge is 0.240 e. The second-order valence-electron chi connectivity index (χ2n) is 6.00. The molecule has 124 valence electrons. The molecule has 2 saturated heterocycles. The Kier molecular flexibility index (Phi) is 5.09. The average Bonchev–Trinajstić information content (AvgIpc) is 2.69.